The molecule has 2 aromatic rings. The molecule has 0 fully saturated rings. The van der Waals surface area contributed by atoms with Gasteiger partial charge in [-0.2, -0.15) is 0 Å². The van der Waals surface area contributed by atoms with Gasteiger partial charge in [0.05, 0.1) is 5.02 Å². The van der Waals surface area contributed by atoms with Gasteiger partial charge in [-0.25, -0.2) is 0 Å². The summed E-state index contributed by atoms with van der Waals surface area (Å²) in [7, 11) is 0. The zero-order valence-corrected chi connectivity index (χ0v) is 12.3. The molecule has 0 aromatic heterocycles. The molecule has 100 valence electrons. The maximum Gasteiger partial charge on any atom is 0.147 e. The molecule has 0 atom stereocenters. The van der Waals surface area contributed by atoms with E-state index in [1.165, 1.54) is 0 Å². The van der Waals surface area contributed by atoms with E-state index in [-0.39, 0.29) is 0 Å². The Morgan fingerprint density at radius 2 is 1.79 bits per heavy atom. The Balaban J connectivity index is 2.35. The quantitative estimate of drug-likeness (QED) is 0.867. The lowest BCUT2D eigenvalue weighted by molar-refractivity contribution is 0.476. The normalized spacial score (nSPS) is 10.5. The van der Waals surface area contributed by atoms with Crippen LogP contribution in [0.25, 0.3) is 0 Å². The zero-order chi connectivity index (χ0) is 13.8. The lowest BCUT2D eigenvalue weighted by Gasteiger charge is -2.12. The Morgan fingerprint density at radius 1 is 1.00 bits per heavy atom. The summed E-state index contributed by atoms with van der Waals surface area (Å²) < 4.78 is 5.80. The van der Waals surface area contributed by atoms with Crippen LogP contribution in [0.15, 0.2) is 36.4 Å². The van der Waals surface area contributed by atoms with Crippen molar-refractivity contribution < 1.29 is 4.74 Å². The predicted octanol–water partition coefficient (Wildman–Crippen LogP) is 4.94. The summed E-state index contributed by atoms with van der Waals surface area (Å²) >= 11 is 18.0. The zero-order valence-electron chi connectivity index (χ0n) is 10.00. The van der Waals surface area contributed by atoms with Crippen LogP contribution in [-0.2, 0) is 6.42 Å². The van der Waals surface area contributed by atoms with Crippen LogP contribution in [-0.4, -0.2) is 6.54 Å². The summed E-state index contributed by atoms with van der Waals surface area (Å²) in [4.78, 5) is 0. The third-order valence-electron chi connectivity index (χ3n) is 2.57. The van der Waals surface area contributed by atoms with Gasteiger partial charge in [0.1, 0.15) is 16.5 Å². The minimum Gasteiger partial charge on any atom is -0.455 e. The predicted molar refractivity (Wildman–Crippen MR) is 80.7 cm³/mol. The number of rotatable bonds is 4. The highest BCUT2D eigenvalue weighted by Crippen LogP contribution is 2.36. The summed E-state index contributed by atoms with van der Waals surface area (Å²) in [5.41, 5.74) is 6.52. The first-order valence-corrected chi connectivity index (χ1v) is 6.85. The number of nitrogens with two attached hydrogens (primary N) is 1. The fraction of sp³-hybridized carbons (Fsp3) is 0.143. The van der Waals surface area contributed by atoms with Gasteiger partial charge in [0, 0.05) is 5.02 Å². The van der Waals surface area contributed by atoms with Gasteiger partial charge in [-0.05, 0) is 48.9 Å². The van der Waals surface area contributed by atoms with Crippen molar-refractivity contribution in [2.24, 2.45) is 5.73 Å². The molecule has 19 heavy (non-hydrogen) atoms. The topological polar surface area (TPSA) is 35.2 Å². The van der Waals surface area contributed by atoms with Crippen LogP contribution in [0.2, 0.25) is 15.1 Å². The van der Waals surface area contributed by atoms with E-state index in [2.05, 4.69) is 0 Å². The summed E-state index contributed by atoms with van der Waals surface area (Å²) in [6.07, 6.45) is 0.675. The van der Waals surface area contributed by atoms with Gasteiger partial charge in [0.25, 0.3) is 0 Å². The molecule has 2 N–H and O–H groups in total. The van der Waals surface area contributed by atoms with Crippen LogP contribution >= 0.6 is 34.8 Å². The van der Waals surface area contributed by atoms with E-state index in [0.29, 0.717) is 39.5 Å². The van der Waals surface area contributed by atoms with Crippen LogP contribution in [0, 0.1) is 0 Å². The van der Waals surface area contributed by atoms with Gasteiger partial charge in [-0.15, -0.1) is 0 Å². The number of hydrogen-bond donors (Lipinski definition) is 1. The van der Waals surface area contributed by atoms with Gasteiger partial charge in [-0.1, -0.05) is 40.9 Å². The van der Waals surface area contributed by atoms with Crippen molar-refractivity contribution in [3.63, 3.8) is 0 Å². The highest BCUT2D eigenvalue weighted by molar-refractivity contribution is 6.42. The smallest absolute Gasteiger partial charge is 0.147 e. The molecule has 0 bridgehead atoms. The van der Waals surface area contributed by atoms with Gasteiger partial charge >= 0.3 is 0 Å². The van der Waals surface area contributed by atoms with Crippen LogP contribution < -0.4 is 10.5 Å². The molecular weight excluding hydrogens is 305 g/mol. The van der Waals surface area contributed by atoms with E-state index in [1.54, 1.807) is 30.3 Å². The van der Waals surface area contributed by atoms with Crippen LogP contribution in [0.3, 0.4) is 0 Å². The minimum atomic E-state index is 0.387. The number of ether oxygens (including phenoxy) is 1. The van der Waals surface area contributed by atoms with E-state index in [4.69, 9.17) is 45.3 Å². The molecular formula is C14H12Cl3NO. The van der Waals surface area contributed by atoms with Crippen molar-refractivity contribution in [2.45, 2.75) is 6.42 Å². The Hall–Kier alpha value is -0.930. The molecule has 0 aliphatic rings. The largest absolute Gasteiger partial charge is 0.455 e. The molecule has 2 rings (SSSR count). The van der Waals surface area contributed by atoms with Gasteiger partial charge in [0.15, 0.2) is 0 Å². The van der Waals surface area contributed by atoms with Crippen molar-refractivity contribution in [3.05, 3.63) is 57.0 Å². The maximum absolute atomic E-state index is 6.10. The van der Waals surface area contributed by atoms with Crippen molar-refractivity contribution in [1.29, 1.82) is 0 Å². The SMILES string of the molecule is NCCc1cc(Cl)ccc1Oc1cccc(Cl)c1Cl. The molecule has 5 heteroatoms. The van der Waals surface area contributed by atoms with E-state index < -0.39 is 0 Å². The van der Waals surface area contributed by atoms with E-state index >= 15 is 0 Å². The Kier molecular flexibility index (Phi) is 4.94. The third kappa shape index (κ3) is 3.54. The molecule has 0 aliphatic carbocycles. The third-order valence-corrected chi connectivity index (χ3v) is 3.61. The van der Waals surface area contributed by atoms with Crippen LogP contribution in [0.5, 0.6) is 11.5 Å². The molecule has 2 nitrogen and oxygen atoms in total. The first-order chi connectivity index (χ1) is 9.11. The second-order valence-corrected chi connectivity index (χ2v) is 5.17. The fourth-order valence-corrected chi connectivity index (χ4v) is 2.20. The van der Waals surface area contributed by atoms with Crippen LogP contribution in [0.1, 0.15) is 5.56 Å². The number of hydrogen-bond acceptors (Lipinski definition) is 2. The Bertz CT molecular complexity index is 587. The molecule has 2 aromatic carbocycles. The first-order valence-electron chi connectivity index (χ1n) is 5.72. The van der Waals surface area contributed by atoms with Gasteiger partial charge in [0.2, 0.25) is 0 Å². The molecule has 0 radical (unpaired) electrons. The lowest BCUT2D eigenvalue weighted by atomic mass is 10.1. The van der Waals surface area contributed by atoms with Crippen molar-refractivity contribution in [1.82, 2.24) is 0 Å². The minimum absolute atomic E-state index is 0.387. The second-order valence-electron chi connectivity index (χ2n) is 3.94. The second kappa shape index (κ2) is 6.49. The Labute approximate surface area is 127 Å². The van der Waals surface area contributed by atoms with E-state index in [1.807, 2.05) is 6.07 Å². The lowest BCUT2D eigenvalue weighted by Crippen LogP contribution is -2.04. The fourth-order valence-electron chi connectivity index (χ4n) is 1.68. The summed E-state index contributed by atoms with van der Waals surface area (Å²) in [5, 5.41) is 1.49. The number of halogens is 3. The summed E-state index contributed by atoms with van der Waals surface area (Å²) in [6.45, 7) is 0.514. The summed E-state index contributed by atoms with van der Waals surface area (Å²) in [6, 6.07) is 10.6. The van der Waals surface area contributed by atoms with E-state index in [0.717, 1.165) is 5.56 Å². The molecule has 0 saturated carbocycles. The van der Waals surface area contributed by atoms with Crippen molar-refractivity contribution in [2.75, 3.05) is 6.54 Å². The molecule has 0 saturated heterocycles. The van der Waals surface area contributed by atoms with Crippen LogP contribution in [0.4, 0.5) is 0 Å². The molecule has 0 aliphatic heterocycles. The van der Waals surface area contributed by atoms with Crippen molar-refractivity contribution >= 4 is 34.8 Å². The highest BCUT2D eigenvalue weighted by atomic mass is 35.5. The molecule has 0 heterocycles. The highest BCUT2D eigenvalue weighted by Gasteiger charge is 2.10. The Morgan fingerprint density at radius 3 is 2.53 bits per heavy atom. The maximum atomic E-state index is 6.10. The first kappa shape index (κ1) is 14.5. The average molecular weight is 317 g/mol. The monoisotopic (exact) mass is 315 g/mol. The summed E-state index contributed by atoms with van der Waals surface area (Å²) in [5.74, 6) is 1.19. The molecule has 0 amide bonds. The standard InChI is InChI=1S/C14H12Cl3NO/c15-10-4-5-12(9(8-10)6-7-18)19-13-3-1-2-11(16)14(13)17/h1-5,8H,6-7,18H2. The average Bonchev–Trinajstić information content (AvgIpc) is 2.38. The van der Waals surface area contributed by atoms with Crippen molar-refractivity contribution in [3.8, 4) is 11.5 Å². The van der Waals surface area contributed by atoms with Gasteiger partial charge in [-0.3, -0.25) is 0 Å². The molecule has 0 unspecified atom stereocenters. The number of benzene rings is 2. The van der Waals surface area contributed by atoms with E-state index in [9.17, 15) is 0 Å². The van der Waals surface area contributed by atoms with Gasteiger partial charge < -0.3 is 10.5 Å². The molecule has 0 spiro atoms.